The summed E-state index contributed by atoms with van der Waals surface area (Å²) >= 11 is 1.93. The van der Waals surface area contributed by atoms with Crippen molar-refractivity contribution in [1.82, 2.24) is 4.90 Å². The lowest BCUT2D eigenvalue weighted by atomic mass is 10.4. The van der Waals surface area contributed by atoms with Gasteiger partial charge < -0.3 is 9.64 Å². The minimum atomic E-state index is 0.139. The molecule has 3 nitrogen and oxygen atoms in total. The number of hydrogen-bond donors (Lipinski definition) is 0. The smallest absolute Gasteiger partial charge is 0.248 e. The molecule has 0 spiro atoms. The van der Waals surface area contributed by atoms with Crippen molar-refractivity contribution in [3.05, 3.63) is 0 Å². The van der Waals surface area contributed by atoms with Gasteiger partial charge in [0.05, 0.1) is 6.10 Å². The fraction of sp³-hybridized carbons (Fsp3) is 0.900. The molecule has 14 heavy (non-hydrogen) atoms. The summed E-state index contributed by atoms with van der Waals surface area (Å²) < 4.78 is 5.30. The molecular weight excluding hydrogens is 198 g/mol. The van der Waals surface area contributed by atoms with Crippen LogP contribution in [-0.4, -0.2) is 48.1 Å². The van der Waals surface area contributed by atoms with E-state index in [0.717, 1.165) is 25.3 Å². The summed E-state index contributed by atoms with van der Waals surface area (Å²) in [5.41, 5.74) is 0. The molecule has 0 unspecified atom stereocenters. The molecule has 0 atom stereocenters. The van der Waals surface area contributed by atoms with E-state index in [2.05, 4.69) is 0 Å². The Balaban J connectivity index is 2.27. The zero-order valence-electron chi connectivity index (χ0n) is 8.99. The van der Waals surface area contributed by atoms with Crippen molar-refractivity contribution in [3.8, 4) is 0 Å². The maximum Gasteiger partial charge on any atom is 0.248 e. The van der Waals surface area contributed by atoms with Crippen molar-refractivity contribution in [1.29, 1.82) is 0 Å². The number of carbonyl (C=O) groups is 1. The molecule has 0 aliphatic carbocycles. The molecule has 1 saturated heterocycles. The van der Waals surface area contributed by atoms with Crippen LogP contribution in [0, 0.1) is 0 Å². The van der Waals surface area contributed by atoms with E-state index >= 15 is 0 Å². The highest BCUT2D eigenvalue weighted by molar-refractivity contribution is 7.99. The van der Waals surface area contributed by atoms with Crippen molar-refractivity contribution in [3.63, 3.8) is 0 Å². The third-order valence-corrected chi connectivity index (χ3v) is 3.16. The zero-order chi connectivity index (χ0) is 10.4. The van der Waals surface area contributed by atoms with Crippen LogP contribution in [0.2, 0.25) is 0 Å². The lowest BCUT2D eigenvalue weighted by Gasteiger charge is -2.20. The highest BCUT2D eigenvalue weighted by Crippen LogP contribution is 2.10. The molecule has 1 rings (SSSR count). The van der Waals surface area contributed by atoms with Crippen molar-refractivity contribution in [2.24, 2.45) is 0 Å². The van der Waals surface area contributed by atoms with Crippen molar-refractivity contribution in [2.75, 3.05) is 31.2 Å². The SMILES string of the molecule is CC(C)OCC(=O)N1CCCSCC1. The first-order valence-electron chi connectivity index (χ1n) is 5.17. The molecule has 0 aromatic carbocycles. The van der Waals surface area contributed by atoms with Crippen LogP contribution in [0.1, 0.15) is 20.3 Å². The van der Waals surface area contributed by atoms with Gasteiger partial charge in [0.2, 0.25) is 5.91 Å². The van der Waals surface area contributed by atoms with Gasteiger partial charge in [0.25, 0.3) is 0 Å². The number of rotatable bonds is 3. The molecule has 1 heterocycles. The highest BCUT2D eigenvalue weighted by Gasteiger charge is 2.15. The third kappa shape index (κ3) is 4.33. The van der Waals surface area contributed by atoms with E-state index in [4.69, 9.17) is 4.74 Å². The topological polar surface area (TPSA) is 29.5 Å². The second-order valence-corrected chi connectivity index (χ2v) is 4.93. The number of ether oxygens (including phenoxy) is 1. The minimum absolute atomic E-state index is 0.139. The van der Waals surface area contributed by atoms with Crippen molar-refractivity contribution >= 4 is 17.7 Å². The average Bonchev–Trinajstić information content (AvgIpc) is 2.42. The highest BCUT2D eigenvalue weighted by atomic mass is 32.2. The van der Waals surface area contributed by atoms with E-state index < -0.39 is 0 Å². The summed E-state index contributed by atoms with van der Waals surface area (Å²) in [6.45, 7) is 5.91. The number of hydrogen-bond acceptors (Lipinski definition) is 3. The van der Waals surface area contributed by atoms with Gasteiger partial charge in [0, 0.05) is 18.8 Å². The Hall–Kier alpha value is -0.220. The first kappa shape index (κ1) is 11.9. The lowest BCUT2D eigenvalue weighted by Crippen LogP contribution is -2.36. The largest absolute Gasteiger partial charge is 0.369 e. The molecule has 1 aliphatic heterocycles. The summed E-state index contributed by atoms with van der Waals surface area (Å²) in [6, 6.07) is 0. The molecule has 0 saturated carbocycles. The molecule has 0 bridgehead atoms. The molecule has 1 aliphatic rings. The molecule has 0 aromatic rings. The fourth-order valence-electron chi connectivity index (χ4n) is 1.32. The first-order valence-corrected chi connectivity index (χ1v) is 6.32. The third-order valence-electron chi connectivity index (χ3n) is 2.12. The monoisotopic (exact) mass is 217 g/mol. The van der Waals surface area contributed by atoms with Gasteiger partial charge >= 0.3 is 0 Å². The van der Waals surface area contributed by atoms with Crippen LogP contribution in [0.4, 0.5) is 0 Å². The van der Waals surface area contributed by atoms with Crippen LogP contribution in [0.3, 0.4) is 0 Å². The quantitative estimate of drug-likeness (QED) is 0.715. The Morgan fingerprint density at radius 3 is 2.93 bits per heavy atom. The summed E-state index contributed by atoms with van der Waals surface area (Å²) in [6.07, 6.45) is 1.25. The molecule has 1 amide bonds. The van der Waals surface area contributed by atoms with E-state index in [1.807, 2.05) is 30.5 Å². The van der Waals surface area contributed by atoms with E-state index in [1.54, 1.807) is 0 Å². The van der Waals surface area contributed by atoms with Crippen molar-refractivity contribution in [2.45, 2.75) is 26.4 Å². The van der Waals surface area contributed by atoms with Gasteiger partial charge in [-0.25, -0.2) is 0 Å². The number of amides is 1. The van der Waals surface area contributed by atoms with Gasteiger partial charge in [-0.1, -0.05) is 0 Å². The zero-order valence-corrected chi connectivity index (χ0v) is 9.81. The number of nitrogens with zero attached hydrogens (tertiary/aromatic N) is 1. The summed E-state index contributed by atoms with van der Waals surface area (Å²) in [5, 5.41) is 0. The Bertz CT molecular complexity index is 177. The predicted molar refractivity (Wildman–Crippen MR) is 59.6 cm³/mol. The maximum absolute atomic E-state index is 11.6. The Labute approximate surface area is 90.2 Å². The van der Waals surface area contributed by atoms with Gasteiger partial charge in [0.15, 0.2) is 0 Å². The summed E-state index contributed by atoms with van der Waals surface area (Å²) in [7, 11) is 0. The molecule has 0 N–H and O–H groups in total. The molecule has 1 fully saturated rings. The first-order chi connectivity index (χ1) is 6.70. The summed E-state index contributed by atoms with van der Waals surface area (Å²) in [4.78, 5) is 13.6. The van der Waals surface area contributed by atoms with Gasteiger partial charge in [0.1, 0.15) is 6.61 Å². The molecule has 0 aromatic heterocycles. The standard InChI is InChI=1S/C10H19NO2S/c1-9(2)13-8-10(12)11-4-3-6-14-7-5-11/h9H,3-8H2,1-2H3. The Kier molecular flexibility index (Phi) is 5.33. The van der Waals surface area contributed by atoms with Crippen LogP contribution in [0.5, 0.6) is 0 Å². The van der Waals surface area contributed by atoms with E-state index in [1.165, 1.54) is 5.75 Å². The van der Waals surface area contributed by atoms with E-state index in [-0.39, 0.29) is 18.6 Å². The van der Waals surface area contributed by atoms with Crippen LogP contribution < -0.4 is 0 Å². The molecular formula is C10H19NO2S. The van der Waals surface area contributed by atoms with Crippen molar-refractivity contribution < 1.29 is 9.53 Å². The molecule has 0 radical (unpaired) electrons. The maximum atomic E-state index is 11.6. The Morgan fingerprint density at radius 2 is 2.21 bits per heavy atom. The predicted octanol–water partition coefficient (Wildman–Crippen LogP) is 1.38. The van der Waals surface area contributed by atoms with Crippen LogP contribution in [0.15, 0.2) is 0 Å². The second-order valence-electron chi connectivity index (χ2n) is 3.71. The van der Waals surface area contributed by atoms with Gasteiger partial charge in [-0.3, -0.25) is 4.79 Å². The van der Waals surface area contributed by atoms with Gasteiger partial charge in [-0.05, 0) is 26.0 Å². The summed E-state index contributed by atoms with van der Waals surface area (Å²) in [5.74, 6) is 2.38. The Morgan fingerprint density at radius 1 is 1.43 bits per heavy atom. The van der Waals surface area contributed by atoms with E-state index in [0.29, 0.717) is 0 Å². The lowest BCUT2D eigenvalue weighted by molar-refractivity contribution is -0.137. The minimum Gasteiger partial charge on any atom is -0.369 e. The van der Waals surface area contributed by atoms with Crippen LogP contribution in [-0.2, 0) is 9.53 Å². The fourth-order valence-corrected chi connectivity index (χ4v) is 2.21. The number of thioether (sulfide) groups is 1. The van der Waals surface area contributed by atoms with E-state index in [9.17, 15) is 4.79 Å². The second kappa shape index (κ2) is 6.30. The van der Waals surface area contributed by atoms with Gasteiger partial charge in [-0.15, -0.1) is 0 Å². The number of carbonyl (C=O) groups excluding carboxylic acids is 1. The molecule has 82 valence electrons. The van der Waals surface area contributed by atoms with Crippen LogP contribution >= 0.6 is 11.8 Å². The molecule has 4 heteroatoms. The van der Waals surface area contributed by atoms with Gasteiger partial charge in [-0.2, -0.15) is 11.8 Å². The average molecular weight is 217 g/mol. The normalized spacial score (nSPS) is 18.4. The van der Waals surface area contributed by atoms with Crippen LogP contribution in [0.25, 0.3) is 0 Å².